The summed E-state index contributed by atoms with van der Waals surface area (Å²) in [6.07, 6.45) is 2.07. The quantitative estimate of drug-likeness (QED) is 0.866. The van der Waals surface area contributed by atoms with Gasteiger partial charge in [0.2, 0.25) is 0 Å². The van der Waals surface area contributed by atoms with Crippen molar-refractivity contribution in [2.75, 3.05) is 19.5 Å². The van der Waals surface area contributed by atoms with Gasteiger partial charge in [0.05, 0.1) is 19.3 Å². The molecule has 1 fully saturated rings. The molecule has 0 saturated carbocycles. The molecule has 0 bridgehead atoms. The van der Waals surface area contributed by atoms with Gasteiger partial charge in [-0.3, -0.25) is 4.79 Å². The monoisotopic (exact) mass is 237 g/mol. The van der Waals surface area contributed by atoms with Crippen LogP contribution in [0.1, 0.15) is 15.9 Å². The zero-order chi connectivity index (χ0) is 11.4. The minimum Gasteiger partial charge on any atom is -0.377 e. The van der Waals surface area contributed by atoms with Crippen molar-refractivity contribution in [3.05, 3.63) is 35.4 Å². The predicted molar refractivity (Wildman–Crippen MR) is 65.7 cm³/mol. The lowest BCUT2D eigenvalue weighted by Gasteiger charge is -2.26. The number of hydrogen-bond acceptors (Lipinski definition) is 3. The molecule has 1 aromatic rings. The Balaban J connectivity index is 1.94. The fourth-order valence-corrected chi connectivity index (χ4v) is 2.03. The van der Waals surface area contributed by atoms with Gasteiger partial charge in [-0.15, -0.1) is 0 Å². The molecule has 0 spiro atoms. The van der Waals surface area contributed by atoms with Crippen LogP contribution in [0.15, 0.2) is 24.3 Å². The molecule has 1 N–H and O–H groups in total. The third kappa shape index (κ3) is 2.77. The molecule has 3 nitrogen and oxygen atoms in total. The zero-order valence-electron chi connectivity index (χ0n) is 9.23. The second-order valence-electron chi connectivity index (χ2n) is 3.84. The van der Waals surface area contributed by atoms with Crippen molar-refractivity contribution < 1.29 is 9.53 Å². The maximum absolute atomic E-state index is 11.7. The van der Waals surface area contributed by atoms with Crippen molar-refractivity contribution in [3.63, 3.8) is 0 Å². The summed E-state index contributed by atoms with van der Waals surface area (Å²) in [7, 11) is 0. The van der Waals surface area contributed by atoms with E-state index in [0.29, 0.717) is 13.2 Å². The van der Waals surface area contributed by atoms with E-state index in [2.05, 4.69) is 11.6 Å². The van der Waals surface area contributed by atoms with E-state index < -0.39 is 0 Å². The summed E-state index contributed by atoms with van der Waals surface area (Å²) in [5.41, 5.74) is 1.97. The van der Waals surface area contributed by atoms with Crippen LogP contribution in [0.3, 0.4) is 0 Å². The highest BCUT2D eigenvalue weighted by Gasteiger charge is 2.20. The van der Waals surface area contributed by atoms with Gasteiger partial charge in [0.25, 0.3) is 5.91 Å². The molecule has 1 heterocycles. The van der Waals surface area contributed by atoms with Crippen LogP contribution in [0, 0.1) is 0 Å². The molecule has 0 aromatic heterocycles. The van der Waals surface area contributed by atoms with Gasteiger partial charge in [0.1, 0.15) is 0 Å². The van der Waals surface area contributed by atoms with Crippen LogP contribution < -0.4 is 5.32 Å². The third-order valence-electron chi connectivity index (χ3n) is 2.50. The van der Waals surface area contributed by atoms with E-state index in [0.717, 1.165) is 11.3 Å². The molecule has 1 aromatic carbocycles. The van der Waals surface area contributed by atoms with Crippen LogP contribution in [-0.2, 0) is 10.5 Å². The number of benzene rings is 1. The summed E-state index contributed by atoms with van der Waals surface area (Å²) in [5, 5.41) is 2.91. The average Bonchev–Trinajstić information content (AvgIpc) is 2.25. The normalized spacial score (nSPS) is 15.6. The lowest BCUT2D eigenvalue weighted by molar-refractivity contribution is -0.00346. The number of hydrogen-bond donors (Lipinski definition) is 1. The number of rotatable bonds is 4. The molecular formula is C12H15NO2S. The Morgan fingerprint density at radius 1 is 1.44 bits per heavy atom. The predicted octanol–water partition coefficient (Wildman–Crippen LogP) is 1.68. The van der Waals surface area contributed by atoms with Crippen molar-refractivity contribution >= 4 is 17.7 Å². The van der Waals surface area contributed by atoms with E-state index in [1.165, 1.54) is 5.56 Å². The van der Waals surface area contributed by atoms with Gasteiger partial charge in [-0.05, 0) is 24.0 Å². The number of carbonyl (C=O) groups excluding carboxylic acids is 1. The lowest BCUT2D eigenvalue weighted by Crippen LogP contribution is -2.48. The smallest absolute Gasteiger partial charge is 0.251 e. The summed E-state index contributed by atoms with van der Waals surface area (Å²) < 4.78 is 5.01. The summed E-state index contributed by atoms with van der Waals surface area (Å²) in [4.78, 5) is 11.7. The molecular weight excluding hydrogens is 222 g/mol. The number of nitrogens with one attached hydrogen (secondary N) is 1. The lowest BCUT2D eigenvalue weighted by atomic mass is 10.1. The van der Waals surface area contributed by atoms with E-state index in [-0.39, 0.29) is 11.9 Å². The van der Waals surface area contributed by atoms with Crippen molar-refractivity contribution in [2.24, 2.45) is 0 Å². The summed E-state index contributed by atoms with van der Waals surface area (Å²) in [6, 6.07) is 7.95. The fourth-order valence-electron chi connectivity index (χ4n) is 1.51. The minimum atomic E-state index is -0.0102. The first-order valence-corrected chi connectivity index (χ1v) is 6.65. The third-order valence-corrected chi connectivity index (χ3v) is 3.12. The van der Waals surface area contributed by atoms with Crippen LogP contribution in [0.4, 0.5) is 0 Å². The maximum Gasteiger partial charge on any atom is 0.251 e. The highest BCUT2D eigenvalue weighted by Crippen LogP contribution is 2.11. The number of ether oxygens (including phenoxy) is 1. The number of carbonyl (C=O) groups is 1. The van der Waals surface area contributed by atoms with Gasteiger partial charge in [0, 0.05) is 11.3 Å². The highest BCUT2D eigenvalue weighted by atomic mass is 32.2. The van der Waals surface area contributed by atoms with Crippen molar-refractivity contribution in [3.8, 4) is 0 Å². The Kier molecular flexibility index (Phi) is 3.85. The fraction of sp³-hybridized carbons (Fsp3) is 0.417. The first kappa shape index (κ1) is 11.5. The number of thioether (sulfide) groups is 1. The summed E-state index contributed by atoms with van der Waals surface area (Å²) in [6.45, 7) is 1.27. The maximum atomic E-state index is 11.7. The molecule has 16 heavy (non-hydrogen) atoms. The van der Waals surface area contributed by atoms with Crippen LogP contribution in [0.5, 0.6) is 0 Å². The Labute approximate surface area is 99.6 Å². The Bertz CT molecular complexity index is 360. The van der Waals surface area contributed by atoms with Crippen LogP contribution in [0.2, 0.25) is 0 Å². The largest absolute Gasteiger partial charge is 0.377 e. The highest BCUT2D eigenvalue weighted by molar-refractivity contribution is 7.97. The second kappa shape index (κ2) is 5.37. The molecule has 0 radical (unpaired) electrons. The molecule has 0 atom stereocenters. The van der Waals surface area contributed by atoms with Crippen molar-refractivity contribution in [1.82, 2.24) is 5.32 Å². The number of amides is 1. The first-order chi connectivity index (χ1) is 7.79. The Morgan fingerprint density at radius 2 is 2.12 bits per heavy atom. The first-order valence-electron chi connectivity index (χ1n) is 5.26. The molecule has 1 aliphatic heterocycles. The van der Waals surface area contributed by atoms with Gasteiger partial charge in [-0.25, -0.2) is 0 Å². The van der Waals surface area contributed by atoms with Crippen molar-refractivity contribution in [2.45, 2.75) is 11.8 Å². The molecule has 1 amide bonds. The standard InChI is InChI=1S/C12H15NO2S/c1-16-8-9-2-4-10(5-3-9)12(14)13-11-6-15-7-11/h2-5,11H,6-8H2,1H3,(H,13,14). The average molecular weight is 237 g/mol. The van der Waals surface area contributed by atoms with Crippen LogP contribution >= 0.6 is 11.8 Å². The van der Waals surface area contributed by atoms with E-state index in [1.807, 2.05) is 24.3 Å². The molecule has 2 rings (SSSR count). The minimum absolute atomic E-state index is 0.0102. The van der Waals surface area contributed by atoms with Gasteiger partial charge in [-0.2, -0.15) is 11.8 Å². The van der Waals surface area contributed by atoms with E-state index in [1.54, 1.807) is 11.8 Å². The second-order valence-corrected chi connectivity index (χ2v) is 4.70. The van der Waals surface area contributed by atoms with E-state index in [4.69, 9.17) is 4.74 Å². The Hall–Kier alpha value is -1.00. The van der Waals surface area contributed by atoms with Crippen LogP contribution in [-0.4, -0.2) is 31.4 Å². The SMILES string of the molecule is CSCc1ccc(C(=O)NC2COC2)cc1. The molecule has 86 valence electrons. The van der Waals surface area contributed by atoms with Crippen LogP contribution in [0.25, 0.3) is 0 Å². The molecule has 0 aliphatic carbocycles. The van der Waals surface area contributed by atoms with Gasteiger partial charge in [0.15, 0.2) is 0 Å². The topological polar surface area (TPSA) is 38.3 Å². The zero-order valence-corrected chi connectivity index (χ0v) is 10.0. The van der Waals surface area contributed by atoms with Gasteiger partial charge < -0.3 is 10.1 Å². The molecule has 0 unspecified atom stereocenters. The van der Waals surface area contributed by atoms with Gasteiger partial charge >= 0.3 is 0 Å². The van der Waals surface area contributed by atoms with E-state index >= 15 is 0 Å². The molecule has 1 aliphatic rings. The van der Waals surface area contributed by atoms with E-state index in [9.17, 15) is 4.79 Å². The summed E-state index contributed by atoms with van der Waals surface area (Å²) in [5.74, 6) is 0.974. The molecule has 1 saturated heterocycles. The Morgan fingerprint density at radius 3 is 2.62 bits per heavy atom. The molecule has 4 heteroatoms. The van der Waals surface area contributed by atoms with Crippen molar-refractivity contribution in [1.29, 1.82) is 0 Å². The van der Waals surface area contributed by atoms with Gasteiger partial charge in [-0.1, -0.05) is 12.1 Å². The summed E-state index contributed by atoms with van der Waals surface area (Å²) >= 11 is 1.78.